The maximum absolute atomic E-state index is 6.37. The van der Waals surface area contributed by atoms with Crippen molar-refractivity contribution < 1.29 is 4.74 Å². The van der Waals surface area contributed by atoms with Crippen molar-refractivity contribution >= 4 is 15.9 Å². The minimum Gasteiger partial charge on any atom is -0.494 e. The Morgan fingerprint density at radius 1 is 1.37 bits per heavy atom. The highest BCUT2D eigenvalue weighted by molar-refractivity contribution is 9.10. The van der Waals surface area contributed by atoms with Crippen LogP contribution in [-0.4, -0.2) is 6.61 Å². The summed E-state index contributed by atoms with van der Waals surface area (Å²) >= 11 is 3.52. The summed E-state index contributed by atoms with van der Waals surface area (Å²) in [4.78, 5) is 0. The predicted octanol–water partition coefficient (Wildman–Crippen LogP) is 4.82. The summed E-state index contributed by atoms with van der Waals surface area (Å²) in [5.41, 5.74) is 7.51. The molecule has 0 saturated heterocycles. The highest BCUT2D eigenvalue weighted by Crippen LogP contribution is 2.34. The molecule has 2 nitrogen and oxygen atoms in total. The molecule has 3 heteroatoms. The molecule has 0 aliphatic heterocycles. The summed E-state index contributed by atoms with van der Waals surface area (Å²) < 4.78 is 6.76. The maximum Gasteiger partial charge on any atom is 0.124 e. The minimum atomic E-state index is 0.0830. The Labute approximate surface area is 124 Å². The van der Waals surface area contributed by atoms with E-state index in [-0.39, 0.29) is 6.04 Å². The molecule has 1 aliphatic carbocycles. The van der Waals surface area contributed by atoms with Gasteiger partial charge in [-0.25, -0.2) is 0 Å². The summed E-state index contributed by atoms with van der Waals surface area (Å²) in [6, 6.07) is 6.21. The molecule has 0 heterocycles. The zero-order valence-corrected chi connectivity index (χ0v) is 13.3. The van der Waals surface area contributed by atoms with Crippen LogP contribution in [0.3, 0.4) is 0 Å². The van der Waals surface area contributed by atoms with E-state index >= 15 is 0 Å². The Bertz CT molecular complexity index is 402. The van der Waals surface area contributed by atoms with Crippen molar-refractivity contribution in [2.24, 2.45) is 11.7 Å². The standard InChI is InChI=1S/C16H24BrNO/c1-2-19-16-10-8-13(17)11-14(16)15(18)9-7-12-5-3-4-6-12/h8,10-12,15H,2-7,9,18H2,1H3. The first-order valence-corrected chi connectivity index (χ1v) is 8.17. The van der Waals surface area contributed by atoms with Crippen LogP contribution in [0.15, 0.2) is 22.7 Å². The molecule has 2 N–H and O–H groups in total. The first-order chi connectivity index (χ1) is 9.20. The fourth-order valence-electron chi connectivity index (χ4n) is 2.97. The topological polar surface area (TPSA) is 35.2 Å². The second-order valence-electron chi connectivity index (χ2n) is 5.45. The van der Waals surface area contributed by atoms with Crippen LogP contribution in [-0.2, 0) is 0 Å². The fourth-order valence-corrected chi connectivity index (χ4v) is 3.34. The van der Waals surface area contributed by atoms with Gasteiger partial charge in [0.25, 0.3) is 0 Å². The largest absolute Gasteiger partial charge is 0.494 e. The van der Waals surface area contributed by atoms with Crippen molar-refractivity contribution in [1.29, 1.82) is 0 Å². The van der Waals surface area contributed by atoms with Crippen molar-refractivity contribution in [3.8, 4) is 5.75 Å². The SMILES string of the molecule is CCOc1ccc(Br)cc1C(N)CCC1CCCC1. The molecule has 2 rings (SSSR count). The quantitative estimate of drug-likeness (QED) is 0.813. The highest BCUT2D eigenvalue weighted by Gasteiger charge is 2.18. The maximum atomic E-state index is 6.37. The molecule has 1 aromatic rings. The Kier molecular flexibility index (Phi) is 5.71. The third-order valence-electron chi connectivity index (χ3n) is 4.03. The number of rotatable bonds is 6. The van der Waals surface area contributed by atoms with Crippen molar-refractivity contribution in [2.45, 2.75) is 51.5 Å². The van der Waals surface area contributed by atoms with Crippen LogP contribution in [0, 0.1) is 5.92 Å². The lowest BCUT2D eigenvalue weighted by Crippen LogP contribution is -2.13. The minimum absolute atomic E-state index is 0.0830. The zero-order chi connectivity index (χ0) is 13.7. The third kappa shape index (κ3) is 4.22. The second-order valence-corrected chi connectivity index (χ2v) is 6.37. The summed E-state index contributed by atoms with van der Waals surface area (Å²) in [5, 5.41) is 0. The molecule has 1 saturated carbocycles. The van der Waals surface area contributed by atoms with Crippen LogP contribution in [0.4, 0.5) is 0 Å². The van der Waals surface area contributed by atoms with Gasteiger partial charge in [0.1, 0.15) is 5.75 Å². The molecular weight excluding hydrogens is 302 g/mol. The predicted molar refractivity (Wildman–Crippen MR) is 83.4 cm³/mol. The number of hydrogen-bond acceptors (Lipinski definition) is 2. The summed E-state index contributed by atoms with van der Waals surface area (Å²) in [6.07, 6.45) is 7.90. The number of halogens is 1. The van der Waals surface area contributed by atoms with E-state index in [2.05, 4.69) is 22.0 Å². The molecule has 1 aliphatic rings. The van der Waals surface area contributed by atoms with Crippen molar-refractivity contribution in [1.82, 2.24) is 0 Å². The van der Waals surface area contributed by atoms with Gasteiger partial charge in [0.2, 0.25) is 0 Å². The molecule has 19 heavy (non-hydrogen) atoms. The molecule has 0 spiro atoms. The zero-order valence-electron chi connectivity index (χ0n) is 11.7. The van der Waals surface area contributed by atoms with E-state index in [0.29, 0.717) is 6.61 Å². The van der Waals surface area contributed by atoms with E-state index in [4.69, 9.17) is 10.5 Å². The summed E-state index contributed by atoms with van der Waals surface area (Å²) in [7, 11) is 0. The monoisotopic (exact) mass is 325 g/mol. The fraction of sp³-hybridized carbons (Fsp3) is 0.625. The van der Waals surface area contributed by atoms with Gasteiger partial charge in [-0.15, -0.1) is 0 Å². The molecule has 0 amide bonds. The van der Waals surface area contributed by atoms with Crippen LogP contribution < -0.4 is 10.5 Å². The van der Waals surface area contributed by atoms with Crippen LogP contribution in [0.5, 0.6) is 5.75 Å². The highest BCUT2D eigenvalue weighted by atomic mass is 79.9. The van der Waals surface area contributed by atoms with Gasteiger partial charge in [-0.3, -0.25) is 0 Å². The van der Waals surface area contributed by atoms with Crippen LogP contribution in [0.25, 0.3) is 0 Å². The van der Waals surface area contributed by atoms with Gasteiger partial charge in [0, 0.05) is 16.1 Å². The molecule has 0 aromatic heterocycles. The number of ether oxygens (including phenoxy) is 1. The Morgan fingerprint density at radius 2 is 2.11 bits per heavy atom. The van der Waals surface area contributed by atoms with E-state index < -0.39 is 0 Å². The first-order valence-electron chi connectivity index (χ1n) is 7.38. The molecule has 0 bridgehead atoms. The van der Waals surface area contributed by atoms with Gasteiger partial charge < -0.3 is 10.5 Å². The second kappa shape index (κ2) is 7.30. The van der Waals surface area contributed by atoms with E-state index in [1.54, 1.807) is 0 Å². The molecular formula is C16H24BrNO. The molecule has 1 fully saturated rings. The molecule has 106 valence electrons. The smallest absolute Gasteiger partial charge is 0.124 e. The van der Waals surface area contributed by atoms with E-state index in [9.17, 15) is 0 Å². The Hall–Kier alpha value is -0.540. The third-order valence-corrected chi connectivity index (χ3v) is 4.53. The number of benzene rings is 1. The molecule has 1 unspecified atom stereocenters. The van der Waals surface area contributed by atoms with E-state index in [0.717, 1.165) is 28.1 Å². The molecule has 1 aromatic carbocycles. The summed E-state index contributed by atoms with van der Waals surface area (Å²) in [6.45, 7) is 2.69. The lowest BCUT2D eigenvalue weighted by atomic mass is 9.95. The first kappa shape index (κ1) is 14.9. The van der Waals surface area contributed by atoms with Gasteiger partial charge in [-0.1, -0.05) is 41.6 Å². The normalized spacial score (nSPS) is 17.6. The average Bonchev–Trinajstić information content (AvgIpc) is 2.91. The Balaban J connectivity index is 1.99. The summed E-state index contributed by atoms with van der Waals surface area (Å²) in [5.74, 6) is 1.83. The number of nitrogens with two attached hydrogens (primary N) is 1. The average molecular weight is 326 g/mol. The van der Waals surface area contributed by atoms with Gasteiger partial charge in [-0.05, 0) is 43.9 Å². The van der Waals surface area contributed by atoms with Gasteiger partial charge in [0.15, 0.2) is 0 Å². The van der Waals surface area contributed by atoms with Crippen molar-refractivity contribution in [3.05, 3.63) is 28.2 Å². The lowest BCUT2D eigenvalue weighted by Gasteiger charge is -2.18. The van der Waals surface area contributed by atoms with Crippen LogP contribution in [0.1, 0.15) is 57.1 Å². The van der Waals surface area contributed by atoms with Crippen LogP contribution in [0.2, 0.25) is 0 Å². The molecule has 1 atom stereocenters. The number of hydrogen-bond donors (Lipinski definition) is 1. The van der Waals surface area contributed by atoms with Gasteiger partial charge >= 0.3 is 0 Å². The van der Waals surface area contributed by atoms with Crippen molar-refractivity contribution in [2.75, 3.05) is 6.61 Å². The van der Waals surface area contributed by atoms with Gasteiger partial charge in [0.05, 0.1) is 6.61 Å². The van der Waals surface area contributed by atoms with E-state index in [1.165, 1.54) is 32.1 Å². The van der Waals surface area contributed by atoms with Crippen LogP contribution >= 0.6 is 15.9 Å². The van der Waals surface area contributed by atoms with E-state index in [1.807, 2.05) is 19.1 Å². The Morgan fingerprint density at radius 3 is 2.79 bits per heavy atom. The van der Waals surface area contributed by atoms with Crippen molar-refractivity contribution in [3.63, 3.8) is 0 Å². The molecule has 0 radical (unpaired) electrons. The lowest BCUT2D eigenvalue weighted by molar-refractivity contribution is 0.332. The van der Waals surface area contributed by atoms with Gasteiger partial charge in [-0.2, -0.15) is 0 Å².